The number of aromatic nitrogens is 4. The zero-order valence-corrected chi connectivity index (χ0v) is 16.1. The summed E-state index contributed by atoms with van der Waals surface area (Å²) in [7, 11) is -2.61. The molecule has 1 aromatic carbocycles. The second kappa shape index (κ2) is 10.2. The molecule has 1 aromatic heterocycles. The fourth-order valence-corrected chi connectivity index (χ4v) is 5.07. The standard InChI is InChI=1S/C16H27N5O3Si/c1-4-22-25(23-5-2,24-6-3)14-10-13-21-19-16(18-20-21)17-15-11-8-7-9-12-15/h7-9,11-12H,4-6,10,13-14H2,1-3H3,(H,17,19). The van der Waals surface area contributed by atoms with Crippen LogP contribution >= 0.6 is 0 Å². The molecule has 1 heterocycles. The maximum Gasteiger partial charge on any atom is 0.500 e. The predicted octanol–water partition coefficient (Wildman–Crippen LogP) is 2.86. The van der Waals surface area contributed by atoms with Crippen molar-refractivity contribution in [3.05, 3.63) is 30.3 Å². The Morgan fingerprint density at radius 1 is 1.00 bits per heavy atom. The Hall–Kier alpha value is -1.81. The normalized spacial score (nSPS) is 11.6. The van der Waals surface area contributed by atoms with Gasteiger partial charge in [0.15, 0.2) is 0 Å². The smallest absolute Gasteiger partial charge is 0.374 e. The molecule has 1 N–H and O–H groups in total. The zero-order valence-electron chi connectivity index (χ0n) is 15.1. The number of para-hydroxylation sites is 1. The molecule has 2 rings (SSSR count). The summed E-state index contributed by atoms with van der Waals surface area (Å²) in [4.78, 5) is 1.58. The third-order valence-electron chi connectivity index (χ3n) is 3.42. The summed E-state index contributed by atoms with van der Waals surface area (Å²) in [5.41, 5.74) is 0.928. The van der Waals surface area contributed by atoms with Gasteiger partial charge in [-0.2, -0.15) is 4.80 Å². The van der Waals surface area contributed by atoms with E-state index in [2.05, 4.69) is 20.7 Å². The summed E-state index contributed by atoms with van der Waals surface area (Å²) < 4.78 is 17.5. The van der Waals surface area contributed by atoms with Gasteiger partial charge in [-0.05, 0) is 44.5 Å². The number of benzene rings is 1. The quantitative estimate of drug-likeness (QED) is 0.579. The van der Waals surface area contributed by atoms with Crippen molar-refractivity contribution in [3.8, 4) is 0 Å². The van der Waals surface area contributed by atoms with Crippen molar-refractivity contribution in [2.24, 2.45) is 0 Å². The van der Waals surface area contributed by atoms with Gasteiger partial charge in [-0.3, -0.25) is 0 Å². The molecule has 0 fully saturated rings. The van der Waals surface area contributed by atoms with Gasteiger partial charge in [0.2, 0.25) is 0 Å². The van der Waals surface area contributed by atoms with Gasteiger partial charge < -0.3 is 18.6 Å². The lowest BCUT2D eigenvalue weighted by Gasteiger charge is -2.28. The Morgan fingerprint density at radius 3 is 2.24 bits per heavy atom. The molecular weight excluding hydrogens is 338 g/mol. The molecular formula is C16H27N5O3Si. The van der Waals surface area contributed by atoms with E-state index in [1.54, 1.807) is 4.80 Å². The van der Waals surface area contributed by atoms with E-state index >= 15 is 0 Å². The molecule has 0 saturated heterocycles. The topological polar surface area (TPSA) is 83.3 Å². The van der Waals surface area contributed by atoms with Crippen molar-refractivity contribution in [1.29, 1.82) is 0 Å². The molecule has 25 heavy (non-hydrogen) atoms. The van der Waals surface area contributed by atoms with Gasteiger partial charge in [0.05, 0.1) is 6.54 Å². The third-order valence-corrected chi connectivity index (χ3v) is 6.57. The second-order valence-corrected chi connectivity index (χ2v) is 8.02. The lowest BCUT2D eigenvalue weighted by molar-refractivity contribution is 0.0703. The van der Waals surface area contributed by atoms with Crippen LogP contribution in [0.25, 0.3) is 0 Å². The van der Waals surface area contributed by atoms with E-state index in [4.69, 9.17) is 13.3 Å². The van der Waals surface area contributed by atoms with Crippen molar-refractivity contribution in [1.82, 2.24) is 20.2 Å². The van der Waals surface area contributed by atoms with Crippen molar-refractivity contribution in [2.45, 2.75) is 39.8 Å². The minimum absolute atomic E-state index is 0.481. The highest BCUT2D eigenvalue weighted by Crippen LogP contribution is 2.18. The van der Waals surface area contributed by atoms with E-state index in [1.807, 2.05) is 51.1 Å². The Kier molecular flexibility index (Phi) is 7.99. The van der Waals surface area contributed by atoms with Crippen LogP contribution in [0.15, 0.2) is 30.3 Å². The van der Waals surface area contributed by atoms with E-state index in [0.29, 0.717) is 32.3 Å². The summed E-state index contributed by atoms with van der Waals surface area (Å²) in [5.74, 6) is 0.481. The fourth-order valence-electron chi connectivity index (χ4n) is 2.48. The van der Waals surface area contributed by atoms with E-state index in [0.717, 1.165) is 18.2 Å². The summed E-state index contributed by atoms with van der Waals surface area (Å²) >= 11 is 0. The van der Waals surface area contributed by atoms with Gasteiger partial charge in [0.1, 0.15) is 0 Å². The Balaban J connectivity index is 1.87. The Bertz CT molecular complexity index is 594. The van der Waals surface area contributed by atoms with Crippen LogP contribution in [-0.4, -0.2) is 48.8 Å². The highest BCUT2D eigenvalue weighted by molar-refractivity contribution is 6.60. The van der Waals surface area contributed by atoms with Gasteiger partial charge in [0.25, 0.3) is 5.95 Å². The molecule has 0 aliphatic carbocycles. The van der Waals surface area contributed by atoms with Crippen LogP contribution in [0.2, 0.25) is 6.04 Å². The highest BCUT2D eigenvalue weighted by Gasteiger charge is 2.39. The first-order chi connectivity index (χ1) is 12.2. The Morgan fingerprint density at radius 2 is 1.64 bits per heavy atom. The maximum absolute atomic E-state index is 5.85. The molecule has 0 atom stereocenters. The molecule has 8 nitrogen and oxygen atoms in total. The molecule has 0 aliphatic rings. The van der Waals surface area contributed by atoms with Crippen molar-refractivity contribution in [2.75, 3.05) is 25.1 Å². The molecule has 0 amide bonds. The molecule has 0 aliphatic heterocycles. The number of aryl methyl sites for hydroxylation is 1. The number of rotatable bonds is 12. The van der Waals surface area contributed by atoms with Crippen LogP contribution in [0.1, 0.15) is 27.2 Å². The van der Waals surface area contributed by atoms with E-state index in [1.165, 1.54) is 0 Å². The van der Waals surface area contributed by atoms with Crippen LogP contribution < -0.4 is 5.32 Å². The minimum atomic E-state index is -2.61. The minimum Gasteiger partial charge on any atom is -0.374 e. The first-order valence-corrected chi connectivity index (χ1v) is 10.7. The van der Waals surface area contributed by atoms with Crippen LogP contribution in [0, 0.1) is 0 Å². The number of nitrogens with one attached hydrogen (secondary N) is 1. The zero-order chi connectivity index (χ0) is 18.0. The van der Waals surface area contributed by atoms with Crippen molar-refractivity contribution < 1.29 is 13.3 Å². The Labute approximate surface area is 149 Å². The van der Waals surface area contributed by atoms with Gasteiger partial charge >= 0.3 is 8.80 Å². The second-order valence-electron chi connectivity index (χ2n) is 5.29. The number of tetrazole rings is 1. The summed E-state index contributed by atoms with van der Waals surface area (Å²) in [6.07, 6.45) is 0.799. The molecule has 0 bridgehead atoms. The van der Waals surface area contributed by atoms with Gasteiger partial charge in [-0.1, -0.05) is 23.3 Å². The highest BCUT2D eigenvalue weighted by atomic mass is 28.4. The summed E-state index contributed by atoms with van der Waals surface area (Å²) in [6.45, 7) is 8.25. The molecule has 9 heteroatoms. The molecule has 138 valence electrons. The number of hydrogen-bond acceptors (Lipinski definition) is 7. The maximum atomic E-state index is 5.85. The van der Waals surface area contributed by atoms with E-state index in [9.17, 15) is 0 Å². The molecule has 0 spiro atoms. The SMILES string of the molecule is CCO[Si](CCCn1nnc(Nc2ccccc2)n1)(OCC)OCC. The van der Waals surface area contributed by atoms with Gasteiger partial charge in [-0.15, -0.1) is 5.10 Å². The van der Waals surface area contributed by atoms with Crippen LogP contribution in [0.3, 0.4) is 0 Å². The largest absolute Gasteiger partial charge is 0.500 e. The monoisotopic (exact) mass is 365 g/mol. The average molecular weight is 366 g/mol. The van der Waals surface area contributed by atoms with Gasteiger partial charge in [0, 0.05) is 31.6 Å². The number of hydrogen-bond donors (Lipinski definition) is 1. The first kappa shape index (κ1) is 19.5. The first-order valence-electron chi connectivity index (χ1n) is 8.73. The lowest BCUT2D eigenvalue weighted by Crippen LogP contribution is -2.46. The molecule has 2 aromatic rings. The number of nitrogens with zero attached hydrogens (tertiary/aromatic N) is 4. The molecule has 0 radical (unpaired) electrons. The van der Waals surface area contributed by atoms with Crippen LogP contribution in [0.5, 0.6) is 0 Å². The summed E-state index contributed by atoms with van der Waals surface area (Å²) in [6, 6.07) is 10.5. The van der Waals surface area contributed by atoms with Crippen molar-refractivity contribution >= 4 is 20.4 Å². The molecule has 0 saturated carbocycles. The van der Waals surface area contributed by atoms with Crippen LogP contribution in [0.4, 0.5) is 11.6 Å². The van der Waals surface area contributed by atoms with E-state index in [-0.39, 0.29) is 0 Å². The number of anilines is 2. The average Bonchev–Trinajstić information content (AvgIpc) is 3.04. The van der Waals surface area contributed by atoms with Crippen LogP contribution in [-0.2, 0) is 19.8 Å². The fraction of sp³-hybridized carbons (Fsp3) is 0.562. The predicted molar refractivity (Wildman–Crippen MR) is 97.6 cm³/mol. The van der Waals surface area contributed by atoms with Crippen molar-refractivity contribution in [3.63, 3.8) is 0 Å². The van der Waals surface area contributed by atoms with Gasteiger partial charge in [-0.25, -0.2) is 0 Å². The lowest BCUT2D eigenvalue weighted by atomic mass is 10.3. The third kappa shape index (κ3) is 6.20. The molecule has 0 unspecified atom stereocenters. The van der Waals surface area contributed by atoms with E-state index < -0.39 is 8.80 Å². The summed E-state index contributed by atoms with van der Waals surface area (Å²) in [5, 5.41) is 15.6.